The van der Waals surface area contributed by atoms with Gasteiger partial charge in [-0.2, -0.15) is 0 Å². The second kappa shape index (κ2) is 6.37. The molecule has 46 valence electrons. The van der Waals surface area contributed by atoms with Gasteiger partial charge < -0.3 is 5.32 Å². The summed E-state index contributed by atoms with van der Waals surface area (Å²) in [5.41, 5.74) is 0. The van der Waals surface area contributed by atoms with Crippen molar-refractivity contribution in [3.05, 3.63) is 12.2 Å². The summed E-state index contributed by atoms with van der Waals surface area (Å²) >= 11 is 0. The molecule has 0 aromatic rings. The van der Waals surface area contributed by atoms with Gasteiger partial charge in [0.15, 0.2) is 0 Å². The maximum atomic E-state index is 3.96. The zero-order valence-electron chi connectivity index (χ0n) is 5.39. The first-order valence-corrected chi connectivity index (χ1v) is 2.67. The van der Waals surface area contributed by atoms with Gasteiger partial charge in [-0.15, -0.1) is 0 Å². The van der Waals surface area contributed by atoms with E-state index in [2.05, 4.69) is 10.3 Å². The van der Waals surface area contributed by atoms with E-state index in [9.17, 15) is 0 Å². The predicted molar refractivity (Wildman–Crippen MR) is 37.2 cm³/mol. The first-order valence-electron chi connectivity index (χ1n) is 2.67. The number of hydrogen-bond donors (Lipinski definition) is 1. The van der Waals surface area contributed by atoms with E-state index in [1.165, 1.54) is 0 Å². The average Bonchev–Trinajstić information content (AvgIpc) is 1.81. The number of nitrogens with one attached hydrogen (secondary N) is 1. The van der Waals surface area contributed by atoms with Crippen molar-refractivity contribution in [3.8, 4) is 0 Å². The van der Waals surface area contributed by atoms with Crippen LogP contribution in [0.1, 0.15) is 6.92 Å². The number of nitrogens with zero attached hydrogens (tertiary/aromatic N) is 1. The van der Waals surface area contributed by atoms with E-state index in [4.69, 9.17) is 0 Å². The molecule has 0 unspecified atom stereocenters. The highest BCUT2D eigenvalue weighted by Gasteiger charge is 1.63. The summed E-state index contributed by atoms with van der Waals surface area (Å²) in [6.45, 7) is 2.66. The zero-order valence-corrected chi connectivity index (χ0v) is 5.39. The molecule has 0 aliphatic heterocycles. The van der Waals surface area contributed by atoms with Crippen molar-refractivity contribution in [1.29, 1.82) is 0 Å². The normalized spacial score (nSPS) is 11.8. The quantitative estimate of drug-likeness (QED) is 0.537. The second-order valence-corrected chi connectivity index (χ2v) is 1.37. The van der Waals surface area contributed by atoms with Gasteiger partial charge in [0.25, 0.3) is 0 Å². The van der Waals surface area contributed by atoms with Crippen LogP contribution in [0.25, 0.3) is 0 Å². The maximum Gasteiger partial charge on any atom is 0.0881 e. The summed E-state index contributed by atoms with van der Waals surface area (Å²) in [6, 6.07) is 0. The Hall–Kier alpha value is -0.630. The fourth-order valence-corrected chi connectivity index (χ4v) is 0.291. The van der Waals surface area contributed by atoms with Crippen LogP contribution < -0.4 is 5.32 Å². The average molecular weight is 112 g/mol. The van der Waals surface area contributed by atoms with Crippen LogP contribution in [0.3, 0.4) is 0 Å². The standard InChI is InChI=1S/C6H12N2/c1-3-4-5-8-6-7-2/h3-5,7H,6H2,1-2H3/b4-3-,8-5-. The predicted octanol–water partition coefficient (Wildman–Crippen LogP) is 0.810. The van der Waals surface area contributed by atoms with E-state index >= 15 is 0 Å². The monoisotopic (exact) mass is 112 g/mol. The first-order chi connectivity index (χ1) is 3.91. The highest BCUT2D eigenvalue weighted by Crippen LogP contribution is 1.64. The van der Waals surface area contributed by atoms with Crippen molar-refractivity contribution in [3.63, 3.8) is 0 Å². The summed E-state index contributed by atoms with van der Waals surface area (Å²) in [7, 11) is 1.87. The van der Waals surface area contributed by atoms with Gasteiger partial charge in [0.05, 0.1) is 6.67 Å². The molecule has 0 aliphatic carbocycles. The van der Waals surface area contributed by atoms with Gasteiger partial charge in [0.1, 0.15) is 0 Å². The Morgan fingerprint density at radius 2 is 2.38 bits per heavy atom. The third-order valence-corrected chi connectivity index (χ3v) is 0.633. The minimum Gasteiger partial charge on any atom is -0.301 e. The number of aliphatic imine (C=N–C) groups is 1. The highest BCUT2D eigenvalue weighted by atomic mass is 15.0. The molecule has 0 saturated heterocycles. The maximum absolute atomic E-state index is 3.96. The van der Waals surface area contributed by atoms with Gasteiger partial charge in [-0.3, -0.25) is 4.99 Å². The van der Waals surface area contributed by atoms with Crippen LogP contribution >= 0.6 is 0 Å². The van der Waals surface area contributed by atoms with E-state index < -0.39 is 0 Å². The molecule has 0 bridgehead atoms. The Labute approximate surface area is 50.3 Å². The van der Waals surface area contributed by atoms with Gasteiger partial charge in [0, 0.05) is 6.21 Å². The lowest BCUT2D eigenvalue weighted by Crippen LogP contribution is -2.04. The molecule has 0 aliphatic rings. The molecular formula is C6H12N2. The summed E-state index contributed by atoms with van der Waals surface area (Å²) < 4.78 is 0. The van der Waals surface area contributed by atoms with Gasteiger partial charge in [-0.25, -0.2) is 0 Å². The molecule has 0 radical (unpaired) electrons. The Morgan fingerprint density at radius 1 is 1.62 bits per heavy atom. The van der Waals surface area contributed by atoms with E-state index in [0.717, 1.165) is 0 Å². The molecule has 0 heterocycles. The number of allylic oxidation sites excluding steroid dienone is 2. The van der Waals surface area contributed by atoms with Crippen LogP contribution in [0, 0.1) is 0 Å². The highest BCUT2D eigenvalue weighted by molar-refractivity contribution is 5.70. The molecular weight excluding hydrogens is 100 g/mol. The molecule has 2 nitrogen and oxygen atoms in total. The minimum atomic E-state index is 0.699. The number of hydrogen-bond acceptors (Lipinski definition) is 2. The van der Waals surface area contributed by atoms with Crippen LogP contribution in [0.5, 0.6) is 0 Å². The molecule has 0 rings (SSSR count). The van der Waals surface area contributed by atoms with Crippen LogP contribution in [-0.4, -0.2) is 19.9 Å². The van der Waals surface area contributed by atoms with Crippen molar-refractivity contribution < 1.29 is 0 Å². The summed E-state index contributed by atoms with van der Waals surface area (Å²) in [6.07, 6.45) is 5.62. The third-order valence-electron chi connectivity index (χ3n) is 0.633. The van der Waals surface area contributed by atoms with Crippen molar-refractivity contribution in [1.82, 2.24) is 5.32 Å². The van der Waals surface area contributed by atoms with Crippen molar-refractivity contribution in [2.75, 3.05) is 13.7 Å². The molecule has 0 spiro atoms. The van der Waals surface area contributed by atoms with Gasteiger partial charge in [-0.05, 0) is 20.0 Å². The van der Waals surface area contributed by atoms with E-state index in [-0.39, 0.29) is 0 Å². The van der Waals surface area contributed by atoms with E-state index in [1.807, 2.05) is 26.1 Å². The lowest BCUT2D eigenvalue weighted by Gasteiger charge is -1.83. The second-order valence-electron chi connectivity index (χ2n) is 1.37. The summed E-state index contributed by atoms with van der Waals surface area (Å²) in [5.74, 6) is 0. The van der Waals surface area contributed by atoms with Crippen LogP contribution in [0.15, 0.2) is 17.1 Å². The third kappa shape index (κ3) is 5.37. The zero-order chi connectivity index (χ0) is 6.24. The number of rotatable bonds is 3. The SMILES string of the molecule is C/C=C\C=N/CNC. The van der Waals surface area contributed by atoms with Gasteiger partial charge in [-0.1, -0.05) is 6.08 Å². The largest absolute Gasteiger partial charge is 0.301 e. The van der Waals surface area contributed by atoms with Crippen molar-refractivity contribution in [2.24, 2.45) is 4.99 Å². The van der Waals surface area contributed by atoms with E-state index in [1.54, 1.807) is 6.21 Å². The summed E-state index contributed by atoms with van der Waals surface area (Å²) in [4.78, 5) is 3.96. The Morgan fingerprint density at radius 3 is 2.88 bits per heavy atom. The van der Waals surface area contributed by atoms with Gasteiger partial charge >= 0.3 is 0 Å². The Balaban J connectivity index is 3.07. The van der Waals surface area contributed by atoms with Crippen LogP contribution in [0.2, 0.25) is 0 Å². The molecule has 8 heavy (non-hydrogen) atoms. The lowest BCUT2D eigenvalue weighted by molar-refractivity contribution is 0.838. The first kappa shape index (κ1) is 7.37. The van der Waals surface area contributed by atoms with Crippen molar-refractivity contribution >= 4 is 6.21 Å². The summed E-state index contributed by atoms with van der Waals surface area (Å²) in [5, 5.41) is 2.89. The molecule has 0 aromatic carbocycles. The smallest absolute Gasteiger partial charge is 0.0881 e. The molecule has 0 atom stereocenters. The Bertz CT molecular complexity index is 84.5. The van der Waals surface area contributed by atoms with E-state index in [0.29, 0.717) is 6.67 Å². The molecule has 0 amide bonds. The fraction of sp³-hybridized carbons (Fsp3) is 0.500. The van der Waals surface area contributed by atoms with Crippen LogP contribution in [-0.2, 0) is 0 Å². The fourth-order valence-electron chi connectivity index (χ4n) is 0.291. The molecule has 0 aromatic heterocycles. The molecule has 0 saturated carbocycles. The van der Waals surface area contributed by atoms with Crippen LogP contribution in [0.4, 0.5) is 0 Å². The van der Waals surface area contributed by atoms with Crippen molar-refractivity contribution in [2.45, 2.75) is 6.92 Å². The molecule has 2 heteroatoms. The minimum absolute atomic E-state index is 0.699. The Kier molecular flexibility index (Phi) is 5.87. The topological polar surface area (TPSA) is 24.4 Å². The van der Waals surface area contributed by atoms with Gasteiger partial charge in [0.2, 0.25) is 0 Å². The molecule has 1 N–H and O–H groups in total. The lowest BCUT2D eigenvalue weighted by atomic mass is 10.6. The molecule has 0 fully saturated rings.